The summed E-state index contributed by atoms with van der Waals surface area (Å²) in [7, 11) is 1.68. The third-order valence-corrected chi connectivity index (χ3v) is 4.86. The number of hydrogen-bond donors (Lipinski definition) is 0. The Morgan fingerprint density at radius 1 is 1.32 bits per heavy atom. The summed E-state index contributed by atoms with van der Waals surface area (Å²) in [6, 6.07) is 8.02. The molecule has 120 valence electrons. The number of rotatable bonds is 8. The molecule has 4 nitrogen and oxygen atoms in total. The van der Waals surface area contributed by atoms with Gasteiger partial charge in [0.2, 0.25) is 5.91 Å². The van der Waals surface area contributed by atoms with Crippen molar-refractivity contribution in [1.82, 2.24) is 4.90 Å². The third-order valence-electron chi connectivity index (χ3n) is 4.86. The van der Waals surface area contributed by atoms with Crippen LogP contribution in [0.2, 0.25) is 0 Å². The fourth-order valence-corrected chi connectivity index (χ4v) is 3.18. The summed E-state index contributed by atoms with van der Waals surface area (Å²) in [6.45, 7) is 4.54. The Labute approximate surface area is 132 Å². The van der Waals surface area contributed by atoms with E-state index in [9.17, 15) is 4.79 Å². The predicted molar refractivity (Wildman–Crippen MR) is 84.7 cm³/mol. The molecule has 0 aliphatic heterocycles. The third kappa shape index (κ3) is 3.27. The molecule has 2 aliphatic carbocycles. The number of ether oxygens (including phenoxy) is 2. The summed E-state index contributed by atoms with van der Waals surface area (Å²) < 4.78 is 10.6. The SMILES string of the molecule is CCOc1ccc(CN(CCOC)C(=O)[C@H]2CC23CC3)cc1. The molecule has 22 heavy (non-hydrogen) atoms. The average molecular weight is 303 g/mol. The highest BCUT2D eigenvalue weighted by Gasteiger charge is 2.66. The molecule has 0 N–H and O–H groups in total. The van der Waals surface area contributed by atoms with Gasteiger partial charge in [0, 0.05) is 26.1 Å². The van der Waals surface area contributed by atoms with Crippen LogP contribution in [0, 0.1) is 11.3 Å². The number of carbonyl (C=O) groups is 1. The van der Waals surface area contributed by atoms with Gasteiger partial charge in [0.15, 0.2) is 0 Å². The van der Waals surface area contributed by atoms with Crippen LogP contribution in [0.25, 0.3) is 0 Å². The molecule has 1 aromatic rings. The van der Waals surface area contributed by atoms with Crippen LogP contribution >= 0.6 is 0 Å². The molecule has 2 aliphatic rings. The summed E-state index contributed by atoms with van der Waals surface area (Å²) in [5, 5.41) is 0. The summed E-state index contributed by atoms with van der Waals surface area (Å²) in [6.07, 6.45) is 3.58. The van der Waals surface area contributed by atoms with Gasteiger partial charge in [-0.1, -0.05) is 12.1 Å². The molecule has 1 aromatic carbocycles. The van der Waals surface area contributed by atoms with Crippen LogP contribution in [0.4, 0.5) is 0 Å². The van der Waals surface area contributed by atoms with Crippen molar-refractivity contribution in [3.63, 3.8) is 0 Å². The second kappa shape index (κ2) is 6.29. The molecular weight excluding hydrogens is 278 g/mol. The van der Waals surface area contributed by atoms with E-state index in [1.165, 1.54) is 12.8 Å². The lowest BCUT2D eigenvalue weighted by Gasteiger charge is -2.23. The fourth-order valence-electron chi connectivity index (χ4n) is 3.18. The number of methoxy groups -OCH3 is 1. The van der Waals surface area contributed by atoms with Gasteiger partial charge in [0.05, 0.1) is 13.2 Å². The van der Waals surface area contributed by atoms with Crippen molar-refractivity contribution < 1.29 is 14.3 Å². The van der Waals surface area contributed by atoms with Crippen LogP contribution in [0.3, 0.4) is 0 Å². The molecule has 0 radical (unpaired) electrons. The minimum atomic E-state index is 0.270. The number of carbonyl (C=O) groups excluding carboxylic acids is 1. The van der Waals surface area contributed by atoms with E-state index in [0.717, 1.165) is 17.7 Å². The highest BCUT2D eigenvalue weighted by Crippen LogP contribution is 2.70. The first-order valence-electron chi connectivity index (χ1n) is 8.18. The molecule has 0 bridgehead atoms. The maximum absolute atomic E-state index is 12.7. The largest absolute Gasteiger partial charge is 0.494 e. The van der Waals surface area contributed by atoms with Crippen molar-refractivity contribution in [2.75, 3.05) is 26.9 Å². The van der Waals surface area contributed by atoms with Crippen molar-refractivity contribution in [2.45, 2.75) is 32.7 Å². The van der Waals surface area contributed by atoms with Gasteiger partial charge in [-0.15, -0.1) is 0 Å². The number of hydrogen-bond acceptors (Lipinski definition) is 3. The normalized spacial score (nSPS) is 20.7. The van der Waals surface area contributed by atoms with Crippen molar-refractivity contribution in [3.05, 3.63) is 29.8 Å². The molecular formula is C18H25NO3. The van der Waals surface area contributed by atoms with Crippen LogP contribution < -0.4 is 4.74 Å². The van der Waals surface area contributed by atoms with Gasteiger partial charge in [-0.3, -0.25) is 4.79 Å². The number of amides is 1. The zero-order valence-corrected chi connectivity index (χ0v) is 13.5. The lowest BCUT2D eigenvalue weighted by atomic mass is 10.2. The van der Waals surface area contributed by atoms with E-state index in [-0.39, 0.29) is 5.92 Å². The van der Waals surface area contributed by atoms with Gasteiger partial charge in [0.25, 0.3) is 0 Å². The topological polar surface area (TPSA) is 38.8 Å². The van der Waals surface area contributed by atoms with Gasteiger partial charge in [-0.2, -0.15) is 0 Å². The molecule has 0 aromatic heterocycles. The second-order valence-corrected chi connectivity index (χ2v) is 6.45. The highest BCUT2D eigenvalue weighted by molar-refractivity contribution is 5.83. The molecule has 3 rings (SSSR count). The zero-order chi connectivity index (χ0) is 15.6. The Morgan fingerprint density at radius 3 is 2.59 bits per heavy atom. The minimum absolute atomic E-state index is 0.270. The first-order chi connectivity index (χ1) is 10.7. The van der Waals surface area contributed by atoms with E-state index < -0.39 is 0 Å². The van der Waals surface area contributed by atoms with E-state index in [1.54, 1.807) is 7.11 Å². The molecule has 1 amide bonds. The van der Waals surface area contributed by atoms with Gasteiger partial charge in [0.1, 0.15) is 5.75 Å². The molecule has 1 spiro atoms. The molecule has 0 saturated heterocycles. The van der Waals surface area contributed by atoms with Crippen LogP contribution in [-0.4, -0.2) is 37.7 Å². The van der Waals surface area contributed by atoms with Crippen molar-refractivity contribution in [3.8, 4) is 5.75 Å². The number of nitrogens with zero attached hydrogens (tertiary/aromatic N) is 1. The monoisotopic (exact) mass is 303 g/mol. The first-order valence-corrected chi connectivity index (χ1v) is 8.18. The highest BCUT2D eigenvalue weighted by atomic mass is 16.5. The van der Waals surface area contributed by atoms with E-state index in [0.29, 0.717) is 37.6 Å². The first kappa shape index (κ1) is 15.3. The molecule has 4 heteroatoms. The van der Waals surface area contributed by atoms with Crippen LogP contribution in [0.5, 0.6) is 5.75 Å². The minimum Gasteiger partial charge on any atom is -0.494 e. The summed E-state index contributed by atoms with van der Waals surface area (Å²) in [5.74, 6) is 1.45. The molecule has 2 saturated carbocycles. The van der Waals surface area contributed by atoms with Gasteiger partial charge < -0.3 is 14.4 Å². The van der Waals surface area contributed by atoms with Crippen LogP contribution in [-0.2, 0) is 16.1 Å². The van der Waals surface area contributed by atoms with Gasteiger partial charge >= 0.3 is 0 Å². The maximum Gasteiger partial charge on any atom is 0.226 e. The molecule has 0 unspecified atom stereocenters. The quantitative estimate of drug-likeness (QED) is 0.741. The molecule has 0 heterocycles. The predicted octanol–water partition coefficient (Wildman–Crippen LogP) is 2.86. The van der Waals surface area contributed by atoms with E-state index in [4.69, 9.17) is 9.47 Å². The lowest BCUT2D eigenvalue weighted by molar-refractivity contribution is -0.134. The van der Waals surface area contributed by atoms with Crippen LogP contribution in [0.1, 0.15) is 31.7 Å². The van der Waals surface area contributed by atoms with Crippen molar-refractivity contribution >= 4 is 5.91 Å². The average Bonchev–Trinajstić information content (AvgIpc) is 3.45. The zero-order valence-electron chi connectivity index (χ0n) is 13.5. The standard InChI is InChI=1S/C18H25NO3/c1-3-22-15-6-4-14(5-7-15)13-19(10-11-21-2)17(20)16-12-18(16)8-9-18/h4-7,16H,3,8-13H2,1-2H3/t16-/m1/s1. The summed E-state index contributed by atoms with van der Waals surface area (Å²) >= 11 is 0. The Kier molecular flexibility index (Phi) is 4.39. The smallest absolute Gasteiger partial charge is 0.226 e. The second-order valence-electron chi connectivity index (χ2n) is 6.45. The fraction of sp³-hybridized carbons (Fsp3) is 0.611. The molecule has 2 fully saturated rings. The van der Waals surface area contributed by atoms with Crippen molar-refractivity contribution in [1.29, 1.82) is 0 Å². The number of benzene rings is 1. The Morgan fingerprint density at radius 2 is 2.05 bits per heavy atom. The van der Waals surface area contributed by atoms with Gasteiger partial charge in [-0.25, -0.2) is 0 Å². The van der Waals surface area contributed by atoms with E-state index in [2.05, 4.69) is 0 Å². The van der Waals surface area contributed by atoms with Crippen molar-refractivity contribution in [2.24, 2.45) is 11.3 Å². The van der Waals surface area contributed by atoms with Crippen LogP contribution in [0.15, 0.2) is 24.3 Å². The Hall–Kier alpha value is -1.55. The molecule has 1 atom stereocenters. The Bertz CT molecular complexity index is 522. The summed E-state index contributed by atoms with van der Waals surface area (Å²) in [4.78, 5) is 14.6. The maximum atomic E-state index is 12.7. The van der Waals surface area contributed by atoms with E-state index >= 15 is 0 Å². The van der Waals surface area contributed by atoms with E-state index in [1.807, 2.05) is 36.1 Å². The Balaban J connectivity index is 1.62. The lowest BCUT2D eigenvalue weighted by Crippen LogP contribution is -2.35. The summed E-state index contributed by atoms with van der Waals surface area (Å²) in [5.41, 5.74) is 1.54. The van der Waals surface area contributed by atoms with Gasteiger partial charge in [-0.05, 0) is 49.3 Å².